The number of rotatable bonds is 5. The van der Waals surface area contributed by atoms with Gasteiger partial charge in [-0.2, -0.15) is 0 Å². The summed E-state index contributed by atoms with van der Waals surface area (Å²) in [6.45, 7) is 3.12. The van der Waals surface area contributed by atoms with Crippen molar-refractivity contribution in [2.45, 2.75) is 32.2 Å². The zero-order chi connectivity index (χ0) is 14.3. The fourth-order valence-electron chi connectivity index (χ4n) is 3.81. The van der Waals surface area contributed by atoms with Crippen molar-refractivity contribution in [3.63, 3.8) is 0 Å². The Kier molecular flexibility index (Phi) is 4.30. The lowest BCUT2D eigenvalue weighted by Gasteiger charge is -2.28. The molecule has 0 saturated heterocycles. The van der Waals surface area contributed by atoms with Crippen LogP contribution in [-0.2, 0) is 0 Å². The fourth-order valence-corrected chi connectivity index (χ4v) is 4.81. The number of benzene rings is 1. The predicted octanol–water partition coefficient (Wildman–Crippen LogP) is 4.81. The van der Waals surface area contributed by atoms with Crippen molar-refractivity contribution in [2.75, 3.05) is 13.7 Å². The highest BCUT2D eigenvalue weighted by Crippen LogP contribution is 2.57. The molecule has 2 aliphatic carbocycles. The summed E-state index contributed by atoms with van der Waals surface area (Å²) in [6, 6.07) is 4.30. The van der Waals surface area contributed by atoms with Gasteiger partial charge in [0.2, 0.25) is 0 Å². The van der Waals surface area contributed by atoms with Gasteiger partial charge >= 0.3 is 0 Å². The second-order valence-corrected chi connectivity index (χ2v) is 7.32. The van der Waals surface area contributed by atoms with Gasteiger partial charge in [-0.15, -0.1) is 0 Å². The Morgan fingerprint density at radius 1 is 1.35 bits per heavy atom. The molecular formula is C16H21BrClNO. The number of fused-ring (bicyclic) bond motifs is 1. The van der Waals surface area contributed by atoms with Gasteiger partial charge in [0.1, 0.15) is 5.75 Å². The van der Waals surface area contributed by atoms with Crippen molar-refractivity contribution < 1.29 is 4.74 Å². The highest BCUT2D eigenvalue weighted by atomic mass is 79.9. The molecule has 3 rings (SSSR count). The maximum atomic E-state index is 6.25. The molecule has 4 heteroatoms. The third-order valence-electron chi connectivity index (χ3n) is 4.75. The van der Waals surface area contributed by atoms with Crippen molar-refractivity contribution in [2.24, 2.45) is 17.8 Å². The van der Waals surface area contributed by atoms with E-state index in [0.29, 0.717) is 12.0 Å². The summed E-state index contributed by atoms with van der Waals surface area (Å²) in [5.74, 6) is 3.59. The lowest BCUT2D eigenvalue weighted by atomic mass is 9.88. The van der Waals surface area contributed by atoms with Crippen molar-refractivity contribution in [3.8, 4) is 5.75 Å². The summed E-state index contributed by atoms with van der Waals surface area (Å²) in [5, 5.41) is 4.41. The van der Waals surface area contributed by atoms with E-state index in [2.05, 4.69) is 34.2 Å². The first-order valence-electron chi connectivity index (χ1n) is 7.40. The number of hydrogen-bond donors (Lipinski definition) is 1. The summed E-state index contributed by atoms with van der Waals surface area (Å²) in [4.78, 5) is 0. The molecule has 0 spiro atoms. The van der Waals surface area contributed by atoms with E-state index in [1.54, 1.807) is 7.11 Å². The zero-order valence-electron chi connectivity index (χ0n) is 12.0. The van der Waals surface area contributed by atoms with Gasteiger partial charge < -0.3 is 10.1 Å². The van der Waals surface area contributed by atoms with Crippen LogP contribution in [0.3, 0.4) is 0 Å². The summed E-state index contributed by atoms with van der Waals surface area (Å²) in [7, 11) is 1.73. The highest BCUT2D eigenvalue weighted by molar-refractivity contribution is 9.10. The van der Waals surface area contributed by atoms with Crippen LogP contribution >= 0.6 is 27.5 Å². The second kappa shape index (κ2) is 5.86. The molecule has 1 N–H and O–H groups in total. The van der Waals surface area contributed by atoms with E-state index in [9.17, 15) is 0 Å². The van der Waals surface area contributed by atoms with E-state index in [1.165, 1.54) is 24.8 Å². The summed E-state index contributed by atoms with van der Waals surface area (Å²) < 4.78 is 6.55. The van der Waals surface area contributed by atoms with Gasteiger partial charge in [0.05, 0.1) is 11.6 Å². The molecular weight excluding hydrogens is 338 g/mol. The van der Waals surface area contributed by atoms with Crippen molar-refractivity contribution in [1.82, 2.24) is 5.32 Å². The zero-order valence-corrected chi connectivity index (χ0v) is 14.3. The van der Waals surface area contributed by atoms with E-state index in [0.717, 1.165) is 33.6 Å². The SMILES string of the molecule is CCNC(c1cc(Cl)cc(Br)c1OC)C1CC2CC2C1. The molecule has 2 saturated carbocycles. The van der Waals surface area contributed by atoms with Crippen LogP contribution in [0.2, 0.25) is 5.02 Å². The molecule has 0 amide bonds. The second-order valence-electron chi connectivity index (χ2n) is 6.03. The van der Waals surface area contributed by atoms with Crippen LogP contribution in [0.1, 0.15) is 37.8 Å². The first kappa shape index (κ1) is 14.7. The van der Waals surface area contributed by atoms with Gasteiger partial charge in [0.25, 0.3) is 0 Å². The van der Waals surface area contributed by atoms with Gasteiger partial charge in [-0.1, -0.05) is 18.5 Å². The largest absolute Gasteiger partial charge is 0.495 e. The molecule has 0 aliphatic heterocycles. The van der Waals surface area contributed by atoms with Gasteiger partial charge in [-0.05, 0) is 71.6 Å². The molecule has 3 unspecified atom stereocenters. The maximum Gasteiger partial charge on any atom is 0.137 e. The first-order valence-corrected chi connectivity index (χ1v) is 8.57. The van der Waals surface area contributed by atoms with Gasteiger partial charge in [-0.3, -0.25) is 0 Å². The van der Waals surface area contributed by atoms with E-state index in [1.807, 2.05) is 6.07 Å². The van der Waals surface area contributed by atoms with E-state index in [-0.39, 0.29) is 0 Å². The lowest BCUT2D eigenvalue weighted by molar-refractivity contribution is 0.329. The fraction of sp³-hybridized carbons (Fsp3) is 0.625. The minimum absolute atomic E-state index is 0.345. The molecule has 0 radical (unpaired) electrons. The van der Waals surface area contributed by atoms with E-state index >= 15 is 0 Å². The monoisotopic (exact) mass is 357 g/mol. The van der Waals surface area contributed by atoms with E-state index in [4.69, 9.17) is 16.3 Å². The number of hydrogen-bond acceptors (Lipinski definition) is 2. The molecule has 20 heavy (non-hydrogen) atoms. The van der Waals surface area contributed by atoms with Crippen LogP contribution in [-0.4, -0.2) is 13.7 Å². The van der Waals surface area contributed by atoms with Crippen molar-refractivity contribution in [3.05, 3.63) is 27.2 Å². The highest BCUT2D eigenvalue weighted by Gasteiger charge is 2.48. The third-order valence-corrected chi connectivity index (χ3v) is 5.56. The van der Waals surface area contributed by atoms with Crippen LogP contribution in [0.25, 0.3) is 0 Å². The number of halogens is 2. The molecule has 0 aromatic heterocycles. The number of methoxy groups -OCH3 is 1. The Bertz CT molecular complexity index is 497. The lowest BCUT2D eigenvalue weighted by Crippen LogP contribution is -2.28. The minimum atomic E-state index is 0.345. The number of ether oxygens (including phenoxy) is 1. The quantitative estimate of drug-likeness (QED) is 0.815. The molecule has 2 nitrogen and oxygen atoms in total. The summed E-state index contributed by atoms with van der Waals surface area (Å²) in [5.41, 5.74) is 1.19. The molecule has 3 atom stereocenters. The van der Waals surface area contributed by atoms with Crippen molar-refractivity contribution >= 4 is 27.5 Å². The minimum Gasteiger partial charge on any atom is -0.495 e. The standard InChI is InChI=1S/C16H21BrClNO/c1-3-19-15(11-5-9-4-10(9)6-11)13-7-12(18)8-14(17)16(13)20-2/h7-11,15,19H,3-6H2,1-2H3. The maximum absolute atomic E-state index is 6.25. The van der Waals surface area contributed by atoms with Crippen LogP contribution in [0.4, 0.5) is 0 Å². The first-order chi connectivity index (χ1) is 9.63. The normalized spacial score (nSPS) is 29.1. The van der Waals surface area contributed by atoms with Crippen LogP contribution in [0.15, 0.2) is 16.6 Å². The third kappa shape index (κ3) is 2.72. The van der Waals surface area contributed by atoms with Crippen molar-refractivity contribution in [1.29, 1.82) is 0 Å². The van der Waals surface area contributed by atoms with Gasteiger partial charge in [0, 0.05) is 16.6 Å². The summed E-state index contributed by atoms with van der Waals surface area (Å²) in [6.07, 6.45) is 4.14. The predicted molar refractivity (Wildman–Crippen MR) is 86.4 cm³/mol. The van der Waals surface area contributed by atoms with Crippen LogP contribution in [0.5, 0.6) is 5.75 Å². The van der Waals surface area contributed by atoms with Gasteiger partial charge in [0.15, 0.2) is 0 Å². The topological polar surface area (TPSA) is 21.3 Å². The average molecular weight is 359 g/mol. The molecule has 1 aromatic rings. The Balaban J connectivity index is 1.93. The Hall–Kier alpha value is -0.250. The molecule has 2 aliphatic rings. The van der Waals surface area contributed by atoms with Crippen LogP contribution in [0, 0.1) is 17.8 Å². The molecule has 0 bridgehead atoms. The molecule has 1 aromatic carbocycles. The Morgan fingerprint density at radius 2 is 2.05 bits per heavy atom. The molecule has 110 valence electrons. The Labute approximate surface area is 134 Å². The Morgan fingerprint density at radius 3 is 2.65 bits per heavy atom. The van der Waals surface area contributed by atoms with Crippen LogP contribution < -0.4 is 10.1 Å². The average Bonchev–Trinajstić information content (AvgIpc) is 3.02. The molecule has 0 heterocycles. The van der Waals surface area contributed by atoms with Gasteiger partial charge in [-0.25, -0.2) is 0 Å². The van der Waals surface area contributed by atoms with E-state index < -0.39 is 0 Å². The number of nitrogens with one attached hydrogen (secondary N) is 1. The summed E-state index contributed by atoms with van der Waals surface area (Å²) >= 11 is 9.82. The molecule has 2 fully saturated rings. The smallest absolute Gasteiger partial charge is 0.137 e.